The fourth-order valence-corrected chi connectivity index (χ4v) is 1.93. The SMILES string of the molecule is CC.CCCC(C)COc1cc(F)c(C(N)=O)c(NC)c1. The van der Waals surface area contributed by atoms with E-state index in [1.165, 1.54) is 6.07 Å². The summed E-state index contributed by atoms with van der Waals surface area (Å²) in [6.45, 7) is 8.71. The molecular weight excluding hydrogens is 271 g/mol. The van der Waals surface area contributed by atoms with Crippen LogP contribution in [0.2, 0.25) is 0 Å². The Hall–Kier alpha value is -1.78. The van der Waals surface area contributed by atoms with Crippen LogP contribution >= 0.6 is 0 Å². The predicted octanol–water partition coefficient (Wildman–Crippen LogP) is 3.81. The van der Waals surface area contributed by atoms with Crippen LogP contribution in [0.3, 0.4) is 0 Å². The number of carbonyl (C=O) groups is 1. The molecule has 0 fully saturated rings. The molecule has 0 bridgehead atoms. The quantitative estimate of drug-likeness (QED) is 0.804. The van der Waals surface area contributed by atoms with Crippen LogP contribution in [0.5, 0.6) is 5.75 Å². The number of rotatable bonds is 7. The van der Waals surface area contributed by atoms with E-state index in [2.05, 4.69) is 19.2 Å². The van der Waals surface area contributed by atoms with Crippen molar-refractivity contribution in [3.05, 3.63) is 23.5 Å². The molecule has 0 aromatic heterocycles. The van der Waals surface area contributed by atoms with Crippen molar-refractivity contribution in [3.63, 3.8) is 0 Å². The van der Waals surface area contributed by atoms with E-state index in [0.29, 0.717) is 24.0 Å². The van der Waals surface area contributed by atoms with Crippen LogP contribution in [0.15, 0.2) is 12.1 Å². The molecule has 5 heteroatoms. The molecule has 4 nitrogen and oxygen atoms in total. The summed E-state index contributed by atoms with van der Waals surface area (Å²) in [5.41, 5.74) is 5.34. The first-order valence-corrected chi connectivity index (χ1v) is 7.43. The molecule has 0 saturated carbocycles. The standard InChI is InChI=1S/C14H21FN2O2.C2H6/c1-4-5-9(2)8-19-10-6-11(15)13(14(16)18)12(7-10)17-3;1-2/h6-7,9,17H,4-5,8H2,1-3H3,(H2,16,18);1-2H3. The zero-order valence-corrected chi connectivity index (χ0v) is 13.6. The number of amides is 1. The molecule has 1 atom stereocenters. The molecule has 0 aliphatic rings. The van der Waals surface area contributed by atoms with Gasteiger partial charge in [-0.05, 0) is 12.3 Å². The van der Waals surface area contributed by atoms with Gasteiger partial charge in [0.05, 0.1) is 17.9 Å². The molecule has 0 aliphatic heterocycles. The molecule has 1 unspecified atom stereocenters. The van der Waals surface area contributed by atoms with Gasteiger partial charge in [-0.1, -0.05) is 34.1 Å². The van der Waals surface area contributed by atoms with E-state index in [1.807, 2.05) is 13.8 Å². The van der Waals surface area contributed by atoms with Gasteiger partial charge in [0.2, 0.25) is 0 Å². The number of hydrogen-bond donors (Lipinski definition) is 2. The van der Waals surface area contributed by atoms with E-state index in [0.717, 1.165) is 12.8 Å². The average molecular weight is 298 g/mol. The van der Waals surface area contributed by atoms with Crippen LogP contribution in [0.25, 0.3) is 0 Å². The lowest BCUT2D eigenvalue weighted by atomic mass is 10.1. The summed E-state index contributed by atoms with van der Waals surface area (Å²) in [7, 11) is 1.60. The maximum atomic E-state index is 13.8. The molecule has 0 spiro atoms. The molecule has 1 amide bonds. The highest BCUT2D eigenvalue weighted by Crippen LogP contribution is 2.26. The minimum absolute atomic E-state index is 0.142. The largest absolute Gasteiger partial charge is 0.493 e. The van der Waals surface area contributed by atoms with E-state index in [4.69, 9.17) is 10.5 Å². The number of anilines is 1. The zero-order chi connectivity index (χ0) is 16.4. The van der Waals surface area contributed by atoms with E-state index in [-0.39, 0.29) is 5.56 Å². The van der Waals surface area contributed by atoms with Gasteiger partial charge in [-0.2, -0.15) is 0 Å². The second kappa shape index (κ2) is 10.0. The number of primary amides is 1. The third-order valence-electron chi connectivity index (χ3n) is 2.90. The van der Waals surface area contributed by atoms with Gasteiger partial charge in [-0.3, -0.25) is 4.79 Å². The third kappa shape index (κ3) is 6.02. The van der Waals surface area contributed by atoms with Crippen LogP contribution in [-0.2, 0) is 0 Å². The van der Waals surface area contributed by atoms with Crippen molar-refractivity contribution in [1.29, 1.82) is 0 Å². The van der Waals surface area contributed by atoms with E-state index < -0.39 is 11.7 Å². The fourth-order valence-electron chi connectivity index (χ4n) is 1.93. The van der Waals surface area contributed by atoms with Crippen molar-refractivity contribution in [1.82, 2.24) is 0 Å². The summed E-state index contributed by atoms with van der Waals surface area (Å²) in [5.74, 6) is -0.665. The van der Waals surface area contributed by atoms with Gasteiger partial charge >= 0.3 is 0 Å². The van der Waals surface area contributed by atoms with Gasteiger partial charge in [-0.15, -0.1) is 0 Å². The highest BCUT2D eigenvalue weighted by molar-refractivity contribution is 5.99. The molecule has 3 N–H and O–H groups in total. The molecule has 0 aliphatic carbocycles. The number of hydrogen-bond acceptors (Lipinski definition) is 3. The zero-order valence-electron chi connectivity index (χ0n) is 13.6. The highest BCUT2D eigenvalue weighted by Gasteiger charge is 2.16. The molecule has 120 valence electrons. The lowest BCUT2D eigenvalue weighted by Gasteiger charge is -2.14. The van der Waals surface area contributed by atoms with Crippen molar-refractivity contribution < 1.29 is 13.9 Å². The Kier molecular flexibility index (Phi) is 9.17. The number of carbonyl (C=O) groups excluding carboxylic acids is 1. The maximum Gasteiger partial charge on any atom is 0.253 e. The van der Waals surface area contributed by atoms with E-state index in [9.17, 15) is 9.18 Å². The fraction of sp³-hybridized carbons (Fsp3) is 0.562. The van der Waals surface area contributed by atoms with Crippen molar-refractivity contribution >= 4 is 11.6 Å². The van der Waals surface area contributed by atoms with E-state index >= 15 is 0 Å². The Balaban J connectivity index is 0.00000191. The lowest BCUT2D eigenvalue weighted by molar-refractivity contribution is 0.0997. The number of benzene rings is 1. The van der Waals surface area contributed by atoms with Crippen molar-refractivity contribution in [3.8, 4) is 5.75 Å². The number of ether oxygens (including phenoxy) is 1. The van der Waals surface area contributed by atoms with Gasteiger partial charge in [0.25, 0.3) is 5.91 Å². The molecule has 21 heavy (non-hydrogen) atoms. The monoisotopic (exact) mass is 298 g/mol. The van der Waals surface area contributed by atoms with Gasteiger partial charge in [-0.25, -0.2) is 4.39 Å². The lowest BCUT2D eigenvalue weighted by Crippen LogP contribution is -2.16. The van der Waals surface area contributed by atoms with Gasteiger partial charge < -0.3 is 15.8 Å². The first-order valence-electron chi connectivity index (χ1n) is 7.43. The maximum absolute atomic E-state index is 13.8. The van der Waals surface area contributed by atoms with Crippen LogP contribution in [0.1, 0.15) is 50.9 Å². The summed E-state index contributed by atoms with van der Waals surface area (Å²) in [5, 5.41) is 2.75. The summed E-state index contributed by atoms with van der Waals surface area (Å²) in [4.78, 5) is 11.2. The second-order valence-corrected chi connectivity index (χ2v) is 4.65. The predicted molar refractivity (Wildman–Crippen MR) is 85.4 cm³/mol. The van der Waals surface area contributed by atoms with Crippen molar-refractivity contribution in [2.75, 3.05) is 19.0 Å². The summed E-state index contributed by atoms with van der Waals surface area (Å²) in [6, 6.07) is 2.78. The first-order chi connectivity index (χ1) is 9.99. The Morgan fingerprint density at radius 2 is 2.05 bits per heavy atom. The van der Waals surface area contributed by atoms with Crippen LogP contribution in [0, 0.1) is 11.7 Å². The Labute approximate surface area is 126 Å². The Morgan fingerprint density at radius 1 is 1.43 bits per heavy atom. The highest BCUT2D eigenvalue weighted by atomic mass is 19.1. The second-order valence-electron chi connectivity index (χ2n) is 4.65. The minimum Gasteiger partial charge on any atom is -0.493 e. The summed E-state index contributed by atoms with van der Waals surface area (Å²) < 4.78 is 19.3. The van der Waals surface area contributed by atoms with E-state index in [1.54, 1.807) is 13.1 Å². The molecular formula is C16H27FN2O2. The summed E-state index contributed by atoms with van der Waals surface area (Å²) >= 11 is 0. The third-order valence-corrected chi connectivity index (χ3v) is 2.90. The van der Waals surface area contributed by atoms with Crippen molar-refractivity contribution in [2.45, 2.75) is 40.5 Å². The smallest absolute Gasteiger partial charge is 0.253 e. The molecule has 1 aromatic rings. The molecule has 0 heterocycles. The number of halogens is 1. The van der Waals surface area contributed by atoms with Crippen LogP contribution in [-0.4, -0.2) is 19.6 Å². The molecule has 1 aromatic carbocycles. The topological polar surface area (TPSA) is 64.3 Å². The molecule has 0 radical (unpaired) electrons. The minimum atomic E-state index is -0.798. The van der Waals surface area contributed by atoms with Crippen LogP contribution < -0.4 is 15.8 Å². The normalized spacial score (nSPS) is 11.1. The first kappa shape index (κ1) is 19.2. The Bertz CT molecular complexity index is 450. The number of nitrogens with two attached hydrogens (primary N) is 1. The average Bonchev–Trinajstić information content (AvgIpc) is 2.46. The van der Waals surface area contributed by atoms with Gasteiger partial charge in [0.15, 0.2) is 0 Å². The van der Waals surface area contributed by atoms with Gasteiger partial charge in [0, 0.05) is 19.2 Å². The summed E-state index contributed by atoms with van der Waals surface area (Å²) in [6.07, 6.45) is 2.14. The Morgan fingerprint density at radius 3 is 2.52 bits per heavy atom. The van der Waals surface area contributed by atoms with Gasteiger partial charge in [0.1, 0.15) is 11.6 Å². The van der Waals surface area contributed by atoms with Crippen LogP contribution in [0.4, 0.5) is 10.1 Å². The molecule has 0 saturated heterocycles. The molecule has 1 rings (SSSR count). The number of nitrogens with one attached hydrogen (secondary N) is 1. The van der Waals surface area contributed by atoms with Crippen molar-refractivity contribution in [2.24, 2.45) is 11.7 Å².